The van der Waals surface area contributed by atoms with Crippen LogP contribution in [0.3, 0.4) is 0 Å². The molecule has 1 aromatic rings. The van der Waals surface area contributed by atoms with E-state index in [0.29, 0.717) is 6.42 Å². The van der Waals surface area contributed by atoms with Crippen LogP contribution in [0.5, 0.6) is 11.5 Å². The number of rotatable bonds is 5. The molecular weight excluding hydrogens is 216 g/mol. The lowest BCUT2D eigenvalue weighted by Crippen LogP contribution is -2.21. The van der Waals surface area contributed by atoms with Gasteiger partial charge in [-0.1, -0.05) is 19.9 Å². The van der Waals surface area contributed by atoms with E-state index in [2.05, 4.69) is 0 Å². The van der Waals surface area contributed by atoms with Gasteiger partial charge in [0.05, 0.1) is 14.2 Å². The Hall–Kier alpha value is -1.51. The molecule has 0 fully saturated rings. The Morgan fingerprint density at radius 3 is 2.35 bits per heavy atom. The normalized spacial score (nSPS) is 11.1. The molecule has 0 atom stereocenters. The Morgan fingerprint density at radius 1 is 1.24 bits per heavy atom. The van der Waals surface area contributed by atoms with Gasteiger partial charge < -0.3 is 9.47 Å². The molecule has 0 aromatic heterocycles. The van der Waals surface area contributed by atoms with Crippen LogP contribution in [0.4, 0.5) is 0 Å². The Balaban J connectivity index is 3.16. The molecule has 1 rings (SSSR count). The van der Waals surface area contributed by atoms with Gasteiger partial charge >= 0.3 is 0 Å². The molecule has 0 aliphatic carbocycles. The second-order valence-electron chi connectivity index (χ2n) is 4.83. The second kappa shape index (κ2) is 5.21. The quantitative estimate of drug-likeness (QED) is 0.788. The smallest absolute Gasteiger partial charge is 0.130 e. The largest absolute Gasteiger partial charge is 0.497 e. The minimum absolute atomic E-state index is 0.174. The lowest BCUT2D eigenvalue weighted by Gasteiger charge is -2.26. The van der Waals surface area contributed by atoms with E-state index in [1.165, 1.54) is 0 Å². The molecule has 0 saturated heterocycles. The van der Waals surface area contributed by atoms with Gasteiger partial charge in [-0.15, -0.1) is 0 Å². The van der Waals surface area contributed by atoms with Crippen molar-refractivity contribution in [1.29, 1.82) is 0 Å². The first-order chi connectivity index (χ1) is 7.90. The van der Waals surface area contributed by atoms with Gasteiger partial charge in [0.2, 0.25) is 0 Å². The summed E-state index contributed by atoms with van der Waals surface area (Å²) in [6.07, 6.45) is 0.496. The molecule has 0 heterocycles. The highest BCUT2D eigenvalue weighted by Crippen LogP contribution is 2.36. The molecule has 0 N–H and O–H groups in total. The summed E-state index contributed by atoms with van der Waals surface area (Å²) in [6.45, 7) is 5.69. The number of carbonyl (C=O) groups excluding carboxylic acids is 1. The van der Waals surface area contributed by atoms with E-state index in [1.54, 1.807) is 21.1 Å². The van der Waals surface area contributed by atoms with E-state index in [4.69, 9.17) is 9.47 Å². The van der Waals surface area contributed by atoms with E-state index in [9.17, 15) is 4.79 Å². The Kier molecular flexibility index (Phi) is 4.16. The number of Topliss-reactive ketones (excluding diaryl/α,β-unsaturated/α-hetero) is 1. The van der Waals surface area contributed by atoms with Crippen molar-refractivity contribution in [3.63, 3.8) is 0 Å². The summed E-state index contributed by atoms with van der Waals surface area (Å²) in [7, 11) is 3.25. The molecule has 0 unspecified atom stereocenters. The predicted octanol–water partition coefficient (Wildman–Crippen LogP) is 2.96. The topological polar surface area (TPSA) is 35.5 Å². The standard InChI is InChI=1S/C14H20O3/c1-10(15)9-14(2,3)12-7-6-11(16-4)8-13(12)17-5/h6-8H,9H2,1-5H3. The second-order valence-corrected chi connectivity index (χ2v) is 4.83. The third kappa shape index (κ3) is 3.22. The summed E-state index contributed by atoms with van der Waals surface area (Å²) < 4.78 is 10.5. The van der Waals surface area contributed by atoms with Crippen LogP contribution >= 0.6 is 0 Å². The number of carbonyl (C=O) groups is 1. The van der Waals surface area contributed by atoms with Crippen molar-refractivity contribution in [1.82, 2.24) is 0 Å². The molecular formula is C14H20O3. The monoisotopic (exact) mass is 236 g/mol. The van der Waals surface area contributed by atoms with Crippen molar-refractivity contribution in [3.8, 4) is 11.5 Å². The molecule has 0 amide bonds. The first-order valence-electron chi connectivity index (χ1n) is 5.62. The van der Waals surface area contributed by atoms with Crippen LogP contribution in [0.2, 0.25) is 0 Å². The van der Waals surface area contributed by atoms with E-state index in [1.807, 2.05) is 32.0 Å². The van der Waals surface area contributed by atoms with Gasteiger partial charge in [-0.05, 0) is 13.0 Å². The van der Waals surface area contributed by atoms with Crippen LogP contribution in [-0.2, 0) is 10.2 Å². The lowest BCUT2D eigenvalue weighted by atomic mass is 9.80. The SMILES string of the molecule is COc1ccc(C(C)(C)CC(C)=O)c(OC)c1. The summed E-state index contributed by atoms with van der Waals surface area (Å²) >= 11 is 0. The van der Waals surface area contributed by atoms with Crippen molar-refractivity contribution in [2.45, 2.75) is 32.6 Å². The summed E-state index contributed by atoms with van der Waals surface area (Å²) in [5.74, 6) is 1.69. The molecule has 3 heteroatoms. The summed E-state index contributed by atoms with van der Waals surface area (Å²) in [6, 6.07) is 5.69. The Labute approximate surface area is 103 Å². The average molecular weight is 236 g/mol. The highest BCUT2D eigenvalue weighted by atomic mass is 16.5. The van der Waals surface area contributed by atoms with Gasteiger partial charge in [-0.25, -0.2) is 0 Å². The van der Waals surface area contributed by atoms with Crippen molar-refractivity contribution in [2.75, 3.05) is 14.2 Å². The Bertz CT molecular complexity index is 408. The van der Waals surface area contributed by atoms with Crippen LogP contribution in [0.1, 0.15) is 32.8 Å². The fourth-order valence-corrected chi connectivity index (χ4v) is 2.08. The average Bonchev–Trinajstić information content (AvgIpc) is 2.26. The van der Waals surface area contributed by atoms with Crippen molar-refractivity contribution in [2.24, 2.45) is 0 Å². The number of benzene rings is 1. The summed E-state index contributed by atoms with van der Waals surface area (Å²) in [5, 5.41) is 0. The molecule has 0 spiro atoms. The van der Waals surface area contributed by atoms with Gasteiger partial charge in [0.25, 0.3) is 0 Å². The predicted molar refractivity (Wildman–Crippen MR) is 67.9 cm³/mol. The molecule has 0 saturated carbocycles. The van der Waals surface area contributed by atoms with Crippen molar-refractivity contribution in [3.05, 3.63) is 23.8 Å². The molecule has 0 aliphatic heterocycles. The number of ketones is 1. The highest BCUT2D eigenvalue weighted by molar-refractivity contribution is 5.77. The lowest BCUT2D eigenvalue weighted by molar-refractivity contribution is -0.118. The maximum Gasteiger partial charge on any atom is 0.130 e. The van der Waals surface area contributed by atoms with E-state index >= 15 is 0 Å². The van der Waals surface area contributed by atoms with Gasteiger partial charge in [-0.3, -0.25) is 4.79 Å². The number of ether oxygens (including phenoxy) is 2. The first kappa shape index (κ1) is 13.6. The third-order valence-corrected chi connectivity index (χ3v) is 2.83. The van der Waals surface area contributed by atoms with Crippen LogP contribution in [-0.4, -0.2) is 20.0 Å². The zero-order chi connectivity index (χ0) is 13.1. The molecule has 17 heavy (non-hydrogen) atoms. The summed E-state index contributed by atoms with van der Waals surface area (Å²) in [4.78, 5) is 11.3. The van der Waals surface area contributed by atoms with E-state index < -0.39 is 0 Å². The van der Waals surface area contributed by atoms with Crippen LogP contribution < -0.4 is 9.47 Å². The summed E-state index contributed by atoms with van der Waals surface area (Å²) in [5.41, 5.74) is 0.791. The van der Waals surface area contributed by atoms with Gasteiger partial charge in [0.1, 0.15) is 17.3 Å². The minimum Gasteiger partial charge on any atom is -0.497 e. The minimum atomic E-state index is -0.233. The molecule has 0 radical (unpaired) electrons. The molecule has 3 nitrogen and oxygen atoms in total. The van der Waals surface area contributed by atoms with Crippen molar-refractivity contribution >= 4 is 5.78 Å². The van der Waals surface area contributed by atoms with Crippen LogP contribution in [0.25, 0.3) is 0 Å². The number of hydrogen-bond acceptors (Lipinski definition) is 3. The number of hydrogen-bond donors (Lipinski definition) is 0. The molecule has 1 aromatic carbocycles. The number of methoxy groups -OCH3 is 2. The third-order valence-electron chi connectivity index (χ3n) is 2.83. The molecule has 0 aliphatic rings. The molecule has 0 bridgehead atoms. The van der Waals surface area contributed by atoms with Crippen LogP contribution in [0, 0.1) is 0 Å². The zero-order valence-electron chi connectivity index (χ0n) is 11.2. The fraction of sp³-hybridized carbons (Fsp3) is 0.500. The van der Waals surface area contributed by atoms with Gasteiger partial charge in [0.15, 0.2) is 0 Å². The van der Waals surface area contributed by atoms with E-state index in [0.717, 1.165) is 17.1 Å². The van der Waals surface area contributed by atoms with Gasteiger partial charge in [0, 0.05) is 23.5 Å². The maximum absolute atomic E-state index is 11.3. The fourth-order valence-electron chi connectivity index (χ4n) is 2.08. The maximum atomic E-state index is 11.3. The zero-order valence-corrected chi connectivity index (χ0v) is 11.2. The Morgan fingerprint density at radius 2 is 1.88 bits per heavy atom. The van der Waals surface area contributed by atoms with Crippen LogP contribution in [0.15, 0.2) is 18.2 Å². The van der Waals surface area contributed by atoms with Gasteiger partial charge in [-0.2, -0.15) is 0 Å². The first-order valence-corrected chi connectivity index (χ1v) is 5.62. The van der Waals surface area contributed by atoms with Crippen molar-refractivity contribution < 1.29 is 14.3 Å². The highest BCUT2D eigenvalue weighted by Gasteiger charge is 2.26. The van der Waals surface area contributed by atoms with E-state index in [-0.39, 0.29) is 11.2 Å². The molecule has 94 valence electrons.